The van der Waals surface area contributed by atoms with Crippen LogP contribution in [0.15, 0.2) is 53.4 Å². The van der Waals surface area contributed by atoms with Crippen LogP contribution in [-0.2, 0) is 22.9 Å². The van der Waals surface area contributed by atoms with Crippen molar-refractivity contribution in [2.75, 3.05) is 13.3 Å². The summed E-state index contributed by atoms with van der Waals surface area (Å²) < 4.78 is 24.8. The van der Waals surface area contributed by atoms with E-state index in [4.69, 9.17) is 5.26 Å². The molecule has 0 radical (unpaired) electrons. The van der Waals surface area contributed by atoms with E-state index < -0.39 is 9.84 Å². The molecule has 0 fully saturated rings. The molecule has 0 amide bonds. The van der Waals surface area contributed by atoms with Crippen LogP contribution in [0.2, 0.25) is 0 Å². The van der Waals surface area contributed by atoms with Crippen LogP contribution in [0.1, 0.15) is 17.0 Å². The number of nitrogens with zero attached hydrogens (tertiary/aromatic N) is 6. The third-order valence-corrected chi connectivity index (χ3v) is 5.12. The van der Waals surface area contributed by atoms with E-state index >= 15 is 0 Å². The molecule has 1 heterocycles. The van der Waals surface area contributed by atoms with Gasteiger partial charge in [-0.15, -0.1) is 5.10 Å². The van der Waals surface area contributed by atoms with Crippen molar-refractivity contribution < 1.29 is 8.42 Å². The molecule has 1 aromatic heterocycles. The largest absolute Gasteiger partial charge is 0.295 e. The molecule has 0 atom stereocenters. The maximum absolute atomic E-state index is 11.6. The van der Waals surface area contributed by atoms with Gasteiger partial charge in [-0.1, -0.05) is 12.1 Å². The molecular formula is C18H18N6O2S. The number of hydrogen-bond donors (Lipinski definition) is 0. The number of nitriles is 1. The summed E-state index contributed by atoms with van der Waals surface area (Å²) in [5, 5.41) is 20.7. The van der Waals surface area contributed by atoms with Gasteiger partial charge in [0.15, 0.2) is 15.7 Å². The van der Waals surface area contributed by atoms with Gasteiger partial charge in [-0.05, 0) is 59.4 Å². The smallest absolute Gasteiger partial charge is 0.175 e. The summed E-state index contributed by atoms with van der Waals surface area (Å²) in [5.41, 5.74) is 2.39. The van der Waals surface area contributed by atoms with Gasteiger partial charge in [0.2, 0.25) is 0 Å². The average molecular weight is 382 g/mol. The zero-order valence-electron chi connectivity index (χ0n) is 14.9. The first-order valence-corrected chi connectivity index (χ1v) is 10.0. The minimum atomic E-state index is -3.25. The fraction of sp³-hybridized carbons (Fsp3) is 0.222. The third kappa shape index (κ3) is 4.55. The molecule has 0 saturated heterocycles. The van der Waals surface area contributed by atoms with Crippen LogP contribution in [0.5, 0.6) is 0 Å². The summed E-state index contributed by atoms with van der Waals surface area (Å²) in [4.78, 5) is 2.30. The van der Waals surface area contributed by atoms with Crippen LogP contribution >= 0.6 is 0 Å². The van der Waals surface area contributed by atoms with E-state index in [1.807, 2.05) is 19.2 Å². The lowest BCUT2D eigenvalue weighted by Crippen LogP contribution is -2.20. The maximum Gasteiger partial charge on any atom is 0.175 e. The second kappa shape index (κ2) is 7.65. The first-order chi connectivity index (χ1) is 12.9. The van der Waals surface area contributed by atoms with Gasteiger partial charge in [0.25, 0.3) is 0 Å². The van der Waals surface area contributed by atoms with Gasteiger partial charge < -0.3 is 0 Å². The second-order valence-corrected chi connectivity index (χ2v) is 8.27. The van der Waals surface area contributed by atoms with Gasteiger partial charge in [0, 0.05) is 12.8 Å². The van der Waals surface area contributed by atoms with Crippen LogP contribution < -0.4 is 0 Å². The van der Waals surface area contributed by atoms with E-state index in [-0.39, 0.29) is 4.90 Å². The van der Waals surface area contributed by atoms with Crippen LogP contribution in [0.4, 0.5) is 0 Å². The summed E-state index contributed by atoms with van der Waals surface area (Å²) in [6.45, 7) is 1.17. The number of rotatable bonds is 6. The lowest BCUT2D eigenvalue weighted by atomic mass is 10.1. The Labute approximate surface area is 157 Å². The van der Waals surface area contributed by atoms with Gasteiger partial charge in [0.1, 0.15) is 0 Å². The lowest BCUT2D eigenvalue weighted by molar-refractivity contribution is 0.307. The van der Waals surface area contributed by atoms with E-state index in [1.165, 1.54) is 18.4 Å². The minimum Gasteiger partial charge on any atom is -0.295 e. The molecule has 3 rings (SSSR count). The van der Waals surface area contributed by atoms with E-state index in [2.05, 4.69) is 26.5 Å². The Morgan fingerprint density at radius 3 is 2.33 bits per heavy atom. The molecule has 0 saturated carbocycles. The van der Waals surface area contributed by atoms with Gasteiger partial charge in [-0.3, -0.25) is 4.90 Å². The maximum atomic E-state index is 11.6. The Balaban J connectivity index is 1.73. The molecule has 2 aromatic carbocycles. The Morgan fingerprint density at radius 1 is 1.07 bits per heavy atom. The number of benzene rings is 2. The van der Waals surface area contributed by atoms with Gasteiger partial charge in [-0.2, -0.15) is 9.94 Å². The highest BCUT2D eigenvalue weighted by Gasteiger charge is 2.13. The molecule has 3 aromatic rings. The molecule has 138 valence electrons. The van der Waals surface area contributed by atoms with Crippen molar-refractivity contribution in [2.24, 2.45) is 0 Å². The number of hydrogen-bond acceptors (Lipinski definition) is 7. The van der Waals surface area contributed by atoms with E-state index in [0.29, 0.717) is 30.2 Å². The molecule has 8 nitrogen and oxygen atoms in total. The van der Waals surface area contributed by atoms with Crippen molar-refractivity contribution in [2.45, 2.75) is 18.0 Å². The molecule has 0 bridgehead atoms. The molecule has 27 heavy (non-hydrogen) atoms. The molecule has 0 aliphatic rings. The summed E-state index contributed by atoms with van der Waals surface area (Å²) >= 11 is 0. The van der Waals surface area contributed by atoms with E-state index in [0.717, 1.165) is 5.56 Å². The van der Waals surface area contributed by atoms with Gasteiger partial charge in [0.05, 0.1) is 28.8 Å². The topological polar surface area (TPSA) is 105 Å². The molecule has 0 unspecified atom stereocenters. The first-order valence-electron chi connectivity index (χ1n) is 8.12. The highest BCUT2D eigenvalue weighted by Crippen LogP contribution is 2.15. The summed E-state index contributed by atoms with van der Waals surface area (Å²) in [7, 11) is -1.30. The van der Waals surface area contributed by atoms with Crippen LogP contribution in [0, 0.1) is 11.3 Å². The third-order valence-electron chi connectivity index (χ3n) is 3.99. The minimum absolute atomic E-state index is 0.249. The predicted octanol–water partition coefficient (Wildman–Crippen LogP) is 1.57. The van der Waals surface area contributed by atoms with Crippen molar-refractivity contribution in [3.8, 4) is 11.8 Å². The SMILES string of the molecule is CN(Cc1ccc(C#N)cc1)Cc1nnnn1-c1ccc(S(C)(=O)=O)cc1. The molecule has 0 aliphatic carbocycles. The first kappa shape index (κ1) is 18.7. The van der Waals surface area contributed by atoms with E-state index in [1.54, 1.807) is 28.9 Å². The predicted molar refractivity (Wildman–Crippen MR) is 98.6 cm³/mol. The molecule has 0 N–H and O–H groups in total. The Hall–Kier alpha value is -3.09. The van der Waals surface area contributed by atoms with E-state index in [9.17, 15) is 8.42 Å². The summed E-state index contributed by atoms with van der Waals surface area (Å²) in [5.74, 6) is 0.637. The lowest BCUT2D eigenvalue weighted by Gasteiger charge is -2.16. The Bertz CT molecular complexity index is 1070. The molecule has 0 spiro atoms. The second-order valence-electron chi connectivity index (χ2n) is 6.25. The zero-order chi connectivity index (χ0) is 19.4. The van der Waals surface area contributed by atoms with Crippen molar-refractivity contribution in [1.82, 2.24) is 25.1 Å². The normalized spacial score (nSPS) is 11.5. The fourth-order valence-electron chi connectivity index (χ4n) is 2.63. The zero-order valence-corrected chi connectivity index (χ0v) is 15.8. The van der Waals surface area contributed by atoms with Crippen molar-refractivity contribution in [3.63, 3.8) is 0 Å². The fourth-order valence-corrected chi connectivity index (χ4v) is 3.26. The highest BCUT2D eigenvalue weighted by atomic mass is 32.2. The van der Waals surface area contributed by atoms with Gasteiger partial charge >= 0.3 is 0 Å². The van der Waals surface area contributed by atoms with Crippen molar-refractivity contribution >= 4 is 9.84 Å². The monoisotopic (exact) mass is 382 g/mol. The van der Waals surface area contributed by atoms with Crippen LogP contribution in [0.3, 0.4) is 0 Å². The quantitative estimate of drug-likeness (QED) is 0.637. The number of tetrazole rings is 1. The Morgan fingerprint density at radius 2 is 1.74 bits per heavy atom. The summed E-state index contributed by atoms with van der Waals surface area (Å²) in [6.07, 6.45) is 1.17. The Kier molecular flexibility index (Phi) is 5.30. The summed E-state index contributed by atoms with van der Waals surface area (Å²) in [6, 6.07) is 15.9. The molecular weight excluding hydrogens is 364 g/mol. The van der Waals surface area contributed by atoms with Crippen molar-refractivity contribution in [3.05, 3.63) is 65.5 Å². The van der Waals surface area contributed by atoms with Crippen molar-refractivity contribution in [1.29, 1.82) is 5.26 Å². The molecule has 9 heteroatoms. The molecule has 0 aliphatic heterocycles. The average Bonchev–Trinajstić information content (AvgIpc) is 3.09. The number of sulfone groups is 1. The standard InChI is InChI=1S/C18H18N6O2S/c1-23(12-15-5-3-14(11-19)4-6-15)13-18-20-21-22-24(18)16-7-9-17(10-8-16)27(2,25)26/h3-10H,12-13H2,1-2H3. The van der Waals surface area contributed by atoms with Gasteiger partial charge in [-0.25, -0.2) is 8.42 Å². The van der Waals surface area contributed by atoms with Crippen LogP contribution in [0.25, 0.3) is 5.69 Å². The highest BCUT2D eigenvalue weighted by molar-refractivity contribution is 7.90. The number of aromatic nitrogens is 4. The van der Waals surface area contributed by atoms with Crippen LogP contribution in [-0.4, -0.2) is 46.8 Å².